The van der Waals surface area contributed by atoms with Gasteiger partial charge in [-0.3, -0.25) is 9.69 Å². The molecule has 0 bridgehead atoms. The summed E-state index contributed by atoms with van der Waals surface area (Å²) in [4.78, 5) is 14.9. The second kappa shape index (κ2) is 8.84. The van der Waals surface area contributed by atoms with Crippen LogP contribution in [-0.4, -0.2) is 41.7 Å². The van der Waals surface area contributed by atoms with Crippen molar-refractivity contribution in [2.45, 2.75) is 45.3 Å². The van der Waals surface area contributed by atoms with E-state index in [-0.39, 0.29) is 17.2 Å². The summed E-state index contributed by atoms with van der Waals surface area (Å²) in [5.74, 6) is 0.608. The second-order valence-corrected chi connectivity index (χ2v) is 8.16. The van der Waals surface area contributed by atoms with Crippen molar-refractivity contribution in [1.82, 2.24) is 10.2 Å². The van der Waals surface area contributed by atoms with Crippen LogP contribution in [0.5, 0.6) is 11.5 Å². The lowest BCUT2D eigenvalue weighted by Gasteiger charge is -2.35. The lowest BCUT2D eigenvalue weighted by atomic mass is 9.93. The smallest absolute Gasteiger partial charge is 0.251 e. The predicted molar refractivity (Wildman–Crippen MR) is 114 cm³/mol. The van der Waals surface area contributed by atoms with Gasteiger partial charge in [0.25, 0.3) is 5.91 Å². The van der Waals surface area contributed by atoms with Crippen molar-refractivity contribution in [3.8, 4) is 11.5 Å². The molecular formula is C23H31N3O3. The van der Waals surface area contributed by atoms with Crippen LogP contribution in [0.3, 0.4) is 0 Å². The number of carbonyl (C=O) groups excluding carboxylic acids is 1. The number of ether oxygens (including phenoxy) is 1. The summed E-state index contributed by atoms with van der Waals surface area (Å²) in [5, 5.41) is 12.7. The Morgan fingerprint density at radius 2 is 2.07 bits per heavy atom. The maximum Gasteiger partial charge on any atom is 0.251 e. The molecule has 4 N–H and O–H groups in total. The maximum absolute atomic E-state index is 12.5. The molecule has 1 amide bonds. The van der Waals surface area contributed by atoms with Crippen LogP contribution < -0.4 is 15.8 Å². The molecule has 0 unspecified atom stereocenters. The fourth-order valence-electron chi connectivity index (χ4n) is 3.83. The SMILES string of the molecule is COc1cc(CCC(C)(C)N2Cc3cccc(C(=O)NCCN)c3C2)ccc1O. The molecule has 6 nitrogen and oxygen atoms in total. The zero-order chi connectivity index (χ0) is 21.0. The molecule has 0 saturated carbocycles. The number of nitrogens with two attached hydrogens (primary N) is 1. The Labute approximate surface area is 172 Å². The Morgan fingerprint density at radius 3 is 2.79 bits per heavy atom. The minimum atomic E-state index is -0.0526. The molecule has 0 fully saturated rings. The van der Waals surface area contributed by atoms with E-state index in [2.05, 4.69) is 30.1 Å². The molecule has 2 aromatic carbocycles. The average Bonchev–Trinajstić information content (AvgIpc) is 3.16. The summed E-state index contributed by atoms with van der Waals surface area (Å²) in [6.45, 7) is 6.98. The van der Waals surface area contributed by atoms with E-state index in [4.69, 9.17) is 10.5 Å². The minimum absolute atomic E-state index is 0.0465. The third kappa shape index (κ3) is 4.71. The molecular weight excluding hydrogens is 366 g/mol. The largest absolute Gasteiger partial charge is 0.504 e. The number of aryl methyl sites for hydroxylation is 1. The van der Waals surface area contributed by atoms with Crippen LogP contribution in [0.4, 0.5) is 0 Å². The van der Waals surface area contributed by atoms with E-state index in [1.807, 2.05) is 24.3 Å². The molecule has 1 aliphatic heterocycles. The van der Waals surface area contributed by atoms with Gasteiger partial charge in [0.05, 0.1) is 7.11 Å². The number of carbonyl (C=O) groups is 1. The van der Waals surface area contributed by atoms with E-state index >= 15 is 0 Å². The van der Waals surface area contributed by atoms with Crippen LogP contribution in [0.2, 0.25) is 0 Å². The summed E-state index contributed by atoms with van der Waals surface area (Å²) >= 11 is 0. The highest BCUT2D eigenvalue weighted by atomic mass is 16.5. The van der Waals surface area contributed by atoms with E-state index < -0.39 is 0 Å². The molecule has 6 heteroatoms. The van der Waals surface area contributed by atoms with Gasteiger partial charge in [-0.05, 0) is 61.6 Å². The molecule has 2 aromatic rings. The van der Waals surface area contributed by atoms with Gasteiger partial charge in [-0.15, -0.1) is 0 Å². The molecule has 0 spiro atoms. The summed E-state index contributed by atoms with van der Waals surface area (Å²) < 4.78 is 5.22. The van der Waals surface area contributed by atoms with Crippen molar-refractivity contribution >= 4 is 5.91 Å². The van der Waals surface area contributed by atoms with Crippen molar-refractivity contribution in [3.05, 3.63) is 58.7 Å². The van der Waals surface area contributed by atoms with Crippen LogP contribution in [0.15, 0.2) is 36.4 Å². The fraction of sp³-hybridized carbons (Fsp3) is 0.435. The standard InChI is InChI=1S/C23H31N3O3/c1-23(2,10-9-16-7-8-20(27)21(13-16)29-3)26-14-17-5-4-6-18(19(17)15-26)22(28)25-12-11-24/h4-8,13,27H,9-12,14-15,24H2,1-3H3,(H,25,28). The Hall–Kier alpha value is -2.57. The number of aromatic hydroxyl groups is 1. The molecule has 156 valence electrons. The highest BCUT2D eigenvalue weighted by molar-refractivity contribution is 5.96. The van der Waals surface area contributed by atoms with Gasteiger partial charge in [-0.25, -0.2) is 0 Å². The van der Waals surface area contributed by atoms with Gasteiger partial charge in [-0.1, -0.05) is 18.2 Å². The van der Waals surface area contributed by atoms with Crippen molar-refractivity contribution in [2.75, 3.05) is 20.2 Å². The average molecular weight is 398 g/mol. The summed E-state index contributed by atoms with van der Waals surface area (Å²) in [6, 6.07) is 11.5. The van der Waals surface area contributed by atoms with Crippen LogP contribution in [0.25, 0.3) is 0 Å². The van der Waals surface area contributed by atoms with Crippen LogP contribution in [0.1, 0.15) is 47.3 Å². The number of methoxy groups -OCH3 is 1. The Balaban J connectivity index is 1.69. The number of benzene rings is 2. The molecule has 0 atom stereocenters. The predicted octanol–water partition coefficient (Wildman–Crippen LogP) is 2.82. The first-order valence-corrected chi connectivity index (χ1v) is 10.1. The van der Waals surface area contributed by atoms with Gasteiger partial charge < -0.3 is 20.9 Å². The summed E-state index contributed by atoms with van der Waals surface area (Å²) in [6.07, 6.45) is 1.82. The maximum atomic E-state index is 12.5. The van der Waals surface area contributed by atoms with E-state index in [0.717, 1.165) is 42.6 Å². The fourth-order valence-corrected chi connectivity index (χ4v) is 3.83. The molecule has 0 radical (unpaired) electrons. The van der Waals surface area contributed by atoms with Gasteiger partial charge in [0, 0.05) is 37.3 Å². The first-order valence-electron chi connectivity index (χ1n) is 10.1. The number of nitrogens with zero attached hydrogens (tertiary/aromatic N) is 1. The molecule has 3 rings (SSSR count). The lowest BCUT2D eigenvalue weighted by molar-refractivity contribution is 0.0946. The Morgan fingerprint density at radius 1 is 1.28 bits per heavy atom. The number of fused-ring (bicyclic) bond motifs is 1. The summed E-state index contributed by atoms with van der Waals surface area (Å²) in [7, 11) is 1.56. The molecule has 0 saturated heterocycles. The highest BCUT2D eigenvalue weighted by Gasteiger charge is 2.33. The van der Waals surface area contributed by atoms with Crippen molar-refractivity contribution in [1.29, 1.82) is 0 Å². The van der Waals surface area contributed by atoms with Crippen LogP contribution in [-0.2, 0) is 19.5 Å². The molecule has 29 heavy (non-hydrogen) atoms. The third-order valence-corrected chi connectivity index (χ3v) is 5.78. The van der Waals surface area contributed by atoms with Crippen molar-refractivity contribution in [3.63, 3.8) is 0 Å². The monoisotopic (exact) mass is 397 g/mol. The number of nitrogens with one attached hydrogen (secondary N) is 1. The van der Waals surface area contributed by atoms with Crippen LogP contribution >= 0.6 is 0 Å². The Bertz CT molecular complexity index is 880. The quantitative estimate of drug-likeness (QED) is 0.638. The molecule has 0 aliphatic carbocycles. The van der Waals surface area contributed by atoms with Crippen molar-refractivity contribution in [2.24, 2.45) is 5.73 Å². The van der Waals surface area contributed by atoms with Gasteiger partial charge in [0.2, 0.25) is 0 Å². The Kier molecular flexibility index (Phi) is 6.45. The van der Waals surface area contributed by atoms with Gasteiger partial charge >= 0.3 is 0 Å². The zero-order valence-electron chi connectivity index (χ0n) is 17.5. The van der Waals surface area contributed by atoms with Gasteiger partial charge in [-0.2, -0.15) is 0 Å². The molecule has 1 aliphatic rings. The van der Waals surface area contributed by atoms with Gasteiger partial charge in [0.1, 0.15) is 0 Å². The second-order valence-electron chi connectivity index (χ2n) is 8.16. The number of rotatable bonds is 8. The van der Waals surface area contributed by atoms with Crippen LogP contribution in [0, 0.1) is 0 Å². The van der Waals surface area contributed by atoms with Gasteiger partial charge in [0.15, 0.2) is 11.5 Å². The highest BCUT2D eigenvalue weighted by Crippen LogP contribution is 2.34. The topological polar surface area (TPSA) is 87.8 Å². The molecule has 1 heterocycles. The lowest BCUT2D eigenvalue weighted by Crippen LogP contribution is -2.40. The number of hydrogen-bond donors (Lipinski definition) is 3. The number of amides is 1. The normalized spacial score (nSPS) is 13.9. The minimum Gasteiger partial charge on any atom is -0.504 e. The zero-order valence-corrected chi connectivity index (χ0v) is 17.5. The van der Waals surface area contributed by atoms with E-state index in [1.54, 1.807) is 13.2 Å². The number of phenolic OH excluding ortho intramolecular Hbond substituents is 1. The third-order valence-electron chi connectivity index (χ3n) is 5.78. The van der Waals surface area contributed by atoms with E-state index in [1.165, 1.54) is 5.56 Å². The first-order chi connectivity index (χ1) is 13.9. The van der Waals surface area contributed by atoms with E-state index in [9.17, 15) is 9.90 Å². The first kappa shape index (κ1) is 21.1. The number of hydrogen-bond acceptors (Lipinski definition) is 5. The van der Waals surface area contributed by atoms with Crippen molar-refractivity contribution < 1.29 is 14.6 Å². The molecule has 0 aromatic heterocycles. The summed E-state index contributed by atoms with van der Waals surface area (Å²) in [5.41, 5.74) is 9.67. The number of phenols is 1. The van der Waals surface area contributed by atoms with E-state index in [0.29, 0.717) is 18.8 Å².